The zero-order chi connectivity index (χ0) is 23.8. The average molecular weight is 484 g/mol. The first-order valence-corrected chi connectivity index (χ1v) is 12.7. The van der Waals surface area contributed by atoms with Gasteiger partial charge in [-0.3, -0.25) is 4.90 Å². The number of likely N-dealkylation sites (tertiary alicyclic amines) is 1. The van der Waals surface area contributed by atoms with Gasteiger partial charge in [0.2, 0.25) is 0 Å². The number of halogens is 1. The topological polar surface area (TPSA) is 73.2 Å². The minimum Gasteiger partial charge on any atom is -0.508 e. The molecule has 0 spiro atoms. The van der Waals surface area contributed by atoms with Crippen LogP contribution in [0.15, 0.2) is 65.3 Å². The molecular formula is C27H30FNO4S. The Morgan fingerprint density at radius 3 is 2.71 bits per heavy atom. The second kappa shape index (κ2) is 9.64. The maximum atomic E-state index is 15.0. The van der Waals surface area contributed by atoms with Crippen molar-refractivity contribution in [2.75, 3.05) is 19.6 Å². The van der Waals surface area contributed by atoms with Crippen LogP contribution in [0.3, 0.4) is 0 Å². The number of benzene rings is 2. The van der Waals surface area contributed by atoms with Crippen molar-refractivity contribution in [1.82, 2.24) is 4.90 Å². The highest BCUT2D eigenvalue weighted by atomic mass is 32.2. The molecule has 5 nitrogen and oxygen atoms in total. The normalized spacial score (nSPS) is 25.5. The lowest BCUT2D eigenvalue weighted by molar-refractivity contribution is 0.0178. The lowest BCUT2D eigenvalue weighted by Crippen LogP contribution is -2.53. The Balaban J connectivity index is 1.36. The Labute approximate surface area is 203 Å². The van der Waals surface area contributed by atoms with Gasteiger partial charge in [-0.25, -0.2) is 4.39 Å². The first-order chi connectivity index (χ1) is 16.4. The molecular weight excluding hydrogens is 453 g/mol. The highest BCUT2D eigenvalue weighted by Gasteiger charge is 2.42. The number of aliphatic hydroxyl groups is 2. The molecule has 4 atom stereocenters. The SMILES string of the molecule is CCCN1CC(Oc2ccc([C@H](O)C3c4ccc(O)cc4S[C@@H]3C3C=CC(O)=CC3)cc2F)C1. The van der Waals surface area contributed by atoms with E-state index in [0.29, 0.717) is 12.0 Å². The predicted molar refractivity (Wildman–Crippen MR) is 131 cm³/mol. The van der Waals surface area contributed by atoms with Crippen LogP contribution in [0, 0.1) is 11.7 Å². The van der Waals surface area contributed by atoms with Crippen molar-refractivity contribution >= 4 is 11.8 Å². The van der Waals surface area contributed by atoms with Crippen molar-refractivity contribution in [2.24, 2.45) is 5.92 Å². The molecule has 3 aliphatic rings. The zero-order valence-corrected chi connectivity index (χ0v) is 19.9. The molecule has 34 heavy (non-hydrogen) atoms. The number of phenolic OH excluding ortho intramolecular Hbond substituents is 1. The minimum absolute atomic E-state index is 0.00505. The highest BCUT2D eigenvalue weighted by molar-refractivity contribution is 8.00. The van der Waals surface area contributed by atoms with Crippen LogP contribution in [0.4, 0.5) is 4.39 Å². The third-order valence-corrected chi connectivity index (χ3v) is 8.43. The van der Waals surface area contributed by atoms with Crippen LogP contribution in [-0.2, 0) is 0 Å². The number of hydrogen-bond donors (Lipinski definition) is 3. The monoisotopic (exact) mass is 483 g/mol. The summed E-state index contributed by atoms with van der Waals surface area (Å²) in [4.78, 5) is 3.20. The molecule has 2 aliphatic heterocycles. The molecule has 0 saturated carbocycles. The Bertz CT molecular complexity index is 1110. The number of nitrogens with zero attached hydrogens (tertiary/aromatic N) is 1. The molecule has 0 amide bonds. The first kappa shape index (κ1) is 23.3. The minimum atomic E-state index is -0.927. The standard InChI is InChI=1S/C27H30FNO4S/c1-2-11-29-14-20(15-29)33-23-10-5-17(12-22(23)28)26(32)25-21-9-8-19(31)13-24(21)34-27(25)16-3-6-18(30)7-4-16/h3,5-10,12-13,16,20,25-27,30-32H,2,4,11,14-15H2,1H3/t16?,25?,26-,27+/m0/s1. The van der Waals surface area contributed by atoms with Gasteiger partial charge >= 0.3 is 0 Å². The fraction of sp³-hybridized carbons (Fsp3) is 0.407. The van der Waals surface area contributed by atoms with Crippen LogP contribution >= 0.6 is 11.8 Å². The van der Waals surface area contributed by atoms with Crippen LogP contribution in [0.1, 0.15) is 42.9 Å². The van der Waals surface area contributed by atoms with Gasteiger partial charge in [-0.05, 0) is 72.8 Å². The van der Waals surface area contributed by atoms with Gasteiger partial charge in [0.25, 0.3) is 0 Å². The number of phenols is 1. The molecule has 2 heterocycles. The van der Waals surface area contributed by atoms with Crippen molar-refractivity contribution in [3.63, 3.8) is 0 Å². The van der Waals surface area contributed by atoms with E-state index < -0.39 is 11.9 Å². The van der Waals surface area contributed by atoms with Crippen molar-refractivity contribution in [1.29, 1.82) is 0 Å². The van der Waals surface area contributed by atoms with Crippen LogP contribution < -0.4 is 4.74 Å². The smallest absolute Gasteiger partial charge is 0.165 e. The van der Waals surface area contributed by atoms with E-state index in [4.69, 9.17) is 4.74 Å². The lowest BCUT2D eigenvalue weighted by Gasteiger charge is -2.38. The predicted octanol–water partition coefficient (Wildman–Crippen LogP) is 5.31. The van der Waals surface area contributed by atoms with Gasteiger partial charge < -0.3 is 20.1 Å². The van der Waals surface area contributed by atoms with E-state index in [-0.39, 0.29) is 40.4 Å². The van der Waals surface area contributed by atoms with Crippen LogP contribution in [0.2, 0.25) is 0 Å². The maximum Gasteiger partial charge on any atom is 0.165 e. The maximum absolute atomic E-state index is 15.0. The first-order valence-electron chi connectivity index (χ1n) is 11.9. The van der Waals surface area contributed by atoms with Crippen molar-refractivity contribution in [2.45, 2.75) is 48.0 Å². The molecule has 180 valence electrons. The molecule has 1 saturated heterocycles. The number of rotatable bonds is 7. The Morgan fingerprint density at radius 2 is 2.00 bits per heavy atom. The third-order valence-electron chi connectivity index (χ3n) is 6.90. The van der Waals surface area contributed by atoms with Gasteiger partial charge in [-0.15, -0.1) is 11.8 Å². The fourth-order valence-corrected chi connectivity index (χ4v) is 6.79. The van der Waals surface area contributed by atoms with Crippen molar-refractivity contribution in [3.8, 4) is 11.5 Å². The Kier molecular flexibility index (Phi) is 6.60. The van der Waals surface area contributed by atoms with Crippen LogP contribution in [-0.4, -0.2) is 51.2 Å². The summed E-state index contributed by atoms with van der Waals surface area (Å²) in [6, 6.07) is 9.93. The number of fused-ring (bicyclic) bond motifs is 1. The molecule has 0 aromatic heterocycles. The van der Waals surface area contributed by atoms with E-state index in [1.54, 1.807) is 48.2 Å². The summed E-state index contributed by atoms with van der Waals surface area (Å²) in [6.45, 7) is 4.78. The Hall–Kier alpha value is -2.48. The summed E-state index contributed by atoms with van der Waals surface area (Å²) in [5, 5.41) is 31.2. The average Bonchev–Trinajstić information content (AvgIpc) is 3.17. The zero-order valence-electron chi connectivity index (χ0n) is 19.1. The van der Waals surface area contributed by atoms with E-state index in [1.165, 1.54) is 6.07 Å². The summed E-state index contributed by atoms with van der Waals surface area (Å²) >= 11 is 1.61. The molecule has 2 unspecified atom stereocenters. The number of thioether (sulfide) groups is 1. The fourth-order valence-electron chi connectivity index (χ4n) is 5.15. The number of aromatic hydroxyl groups is 1. The van der Waals surface area contributed by atoms with E-state index in [2.05, 4.69) is 11.8 Å². The van der Waals surface area contributed by atoms with E-state index in [9.17, 15) is 19.7 Å². The van der Waals surface area contributed by atoms with Crippen LogP contribution in [0.25, 0.3) is 0 Å². The van der Waals surface area contributed by atoms with E-state index in [1.807, 2.05) is 12.1 Å². The van der Waals surface area contributed by atoms with Crippen LogP contribution in [0.5, 0.6) is 11.5 Å². The lowest BCUT2D eigenvalue weighted by atomic mass is 9.80. The quantitative estimate of drug-likeness (QED) is 0.496. The number of hydrogen-bond acceptors (Lipinski definition) is 6. The van der Waals surface area contributed by atoms with Crippen molar-refractivity contribution in [3.05, 3.63) is 77.3 Å². The molecule has 0 radical (unpaired) electrons. The number of aliphatic hydroxyl groups excluding tert-OH is 2. The third kappa shape index (κ3) is 4.57. The summed E-state index contributed by atoms with van der Waals surface area (Å²) in [6.07, 6.45) is 6.25. The number of ether oxygens (including phenoxy) is 1. The van der Waals surface area contributed by atoms with Gasteiger partial charge in [0.05, 0.1) is 6.10 Å². The summed E-state index contributed by atoms with van der Waals surface area (Å²) in [5.74, 6) is -0.0255. The molecule has 3 N–H and O–H groups in total. The molecule has 7 heteroatoms. The summed E-state index contributed by atoms with van der Waals surface area (Å²) in [5.41, 5.74) is 1.44. The highest BCUT2D eigenvalue weighted by Crippen LogP contribution is 2.55. The largest absolute Gasteiger partial charge is 0.508 e. The van der Waals surface area contributed by atoms with E-state index in [0.717, 1.165) is 36.5 Å². The molecule has 1 aliphatic carbocycles. The number of allylic oxidation sites excluding steroid dienone is 3. The van der Waals surface area contributed by atoms with E-state index >= 15 is 0 Å². The molecule has 1 fully saturated rings. The molecule has 0 bridgehead atoms. The molecule has 5 rings (SSSR count). The molecule has 2 aromatic carbocycles. The van der Waals surface area contributed by atoms with Gasteiger partial charge in [-0.1, -0.05) is 25.1 Å². The Morgan fingerprint density at radius 1 is 1.18 bits per heavy atom. The second-order valence-corrected chi connectivity index (χ2v) is 10.6. The molecule has 2 aromatic rings. The van der Waals surface area contributed by atoms with Gasteiger partial charge in [0.15, 0.2) is 11.6 Å². The van der Waals surface area contributed by atoms with Gasteiger partial charge in [-0.2, -0.15) is 0 Å². The van der Waals surface area contributed by atoms with Gasteiger partial charge in [0.1, 0.15) is 17.6 Å². The van der Waals surface area contributed by atoms with Gasteiger partial charge in [0, 0.05) is 29.2 Å². The summed E-state index contributed by atoms with van der Waals surface area (Å²) < 4.78 is 20.8. The summed E-state index contributed by atoms with van der Waals surface area (Å²) in [7, 11) is 0. The second-order valence-electron chi connectivity index (χ2n) is 9.35. The van der Waals surface area contributed by atoms with Crippen molar-refractivity contribution < 1.29 is 24.4 Å².